The van der Waals surface area contributed by atoms with Crippen molar-refractivity contribution in [3.8, 4) is 11.5 Å². The first-order valence-corrected chi connectivity index (χ1v) is 6.18. The number of hydrogen-bond donors (Lipinski definition) is 1. The number of ether oxygens (including phenoxy) is 2. The summed E-state index contributed by atoms with van der Waals surface area (Å²) in [4.78, 5) is 0. The molecular formula is C16H18O3. The van der Waals surface area contributed by atoms with Gasteiger partial charge in [-0.2, -0.15) is 0 Å². The van der Waals surface area contributed by atoms with Gasteiger partial charge in [0.05, 0.1) is 20.3 Å². The molecule has 0 bridgehead atoms. The van der Waals surface area contributed by atoms with E-state index in [2.05, 4.69) is 0 Å². The van der Waals surface area contributed by atoms with Gasteiger partial charge >= 0.3 is 0 Å². The molecule has 1 N–H and O–H groups in total. The molecule has 0 saturated carbocycles. The second-order valence-corrected chi connectivity index (χ2v) is 4.31. The van der Waals surface area contributed by atoms with E-state index in [-0.39, 0.29) is 0 Å². The van der Waals surface area contributed by atoms with Gasteiger partial charge in [0.15, 0.2) is 0 Å². The van der Waals surface area contributed by atoms with E-state index in [4.69, 9.17) is 9.47 Å². The first-order chi connectivity index (χ1) is 9.24. The topological polar surface area (TPSA) is 38.7 Å². The summed E-state index contributed by atoms with van der Waals surface area (Å²) in [7, 11) is 3.25. The lowest BCUT2D eigenvalue weighted by atomic mass is 10.0. The third-order valence-electron chi connectivity index (χ3n) is 3.08. The van der Waals surface area contributed by atoms with Gasteiger partial charge in [-0.3, -0.25) is 0 Å². The van der Waals surface area contributed by atoms with Crippen LogP contribution in [0.1, 0.15) is 17.2 Å². The number of aliphatic hydroxyl groups excluding tert-OH is 1. The van der Waals surface area contributed by atoms with Crippen LogP contribution in [0.25, 0.3) is 0 Å². The molecule has 0 aliphatic carbocycles. The number of aliphatic hydroxyl groups is 1. The zero-order valence-electron chi connectivity index (χ0n) is 11.2. The second-order valence-electron chi connectivity index (χ2n) is 4.31. The van der Waals surface area contributed by atoms with E-state index < -0.39 is 6.10 Å². The van der Waals surface area contributed by atoms with E-state index in [0.29, 0.717) is 6.42 Å². The number of hydrogen-bond acceptors (Lipinski definition) is 3. The Bertz CT molecular complexity index is 537. The first-order valence-electron chi connectivity index (χ1n) is 6.18. The Morgan fingerprint density at radius 1 is 1.00 bits per heavy atom. The molecule has 2 aromatic carbocycles. The fourth-order valence-corrected chi connectivity index (χ4v) is 2.05. The van der Waals surface area contributed by atoms with Gasteiger partial charge in [0.1, 0.15) is 11.5 Å². The molecule has 2 aromatic rings. The maximum absolute atomic E-state index is 10.3. The standard InChI is InChI=1S/C16H18O3/c1-18-14-8-5-7-12(10-14)15(17)11-13-6-3-4-9-16(13)19-2/h3-10,15,17H,11H2,1-2H3. The summed E-state index contributed by atoms with van der Waals surface area (Å²) in [5.41, 5.74) is 1.82. The number of benzene rings is 2. The summed E-state index contributed by atoms with van der Waals surface area (Å²) in [6.07, 6.45) is -0.0663. The molecule has 0 spiro atoms. The highest BCUT2D eigenvalue weighted by atomic mass is 16.5. The highest BCUT2D eigenvalue weighted by Gasteiger charge is 2.12. The quantitative estimate of drug-likeness (QED) is 0.896. The molecular weight excluding hydrogens is 240 g/mol. The van der Waals surface area contributed by atoms with Crippen molar-refractivity contribution in [1.82, 2.24) is 0 Å². The van der Waals surface area contributed by atoms with Crippen LogP contribution in [-0.4, -0.2) is 19.3 Å². The van der Waals surface area contributed by atoms with E-state index in [9.17, 15) is 5.11 Å². The Balaban J connectivity index is 2.18. The number of rotatable bonds is 5. The molecule has 0 radical (unpaired) electrons. The third kappa shape index (κ3) is 3.26. The summed E-state index contributed by atoms with van der Waals surface area (Å²) in [5.74, 6) is 1.54. The van der Waals surface area contributed by atoms with Crippen LogP contribution in [0, 0.1) is 0 Å². The van der Waals surface area contributed by atoms with Crippen molar-refractivity contribution >= 4 is 0 Å². The number of methoxy groups -OCH3 is 2. The molecule has 0 fully saturated rings. The molecule has 1 atom stereocenters. The molecule has 3 heteroatoms. The van der Waals surface area contributed by atoms with Crippen molar-refractivity contribution in [3.63, 3.8) is 0 Å². The van der Waals surface area contributed by atoms with Gasteiger partial charge in [-0.05, 0) is 29.3 Å². The highest BCUT2D eigenvalue weighted by Crippen LogP contribution is 2.26. The Hall–Kier alpha value is -2.00. The number of para-hydroxylation sites is 1. The van der Waals surface area contributed by atoms with Gasteiger partial charge in [-0.1, -0.05) is 30.3 Å². The van der Waals surface area contributed by atoms with Crippen LogP contribution in [0.3, 0.4) is 0 Å². The van der Waals surface area contributed by atoms with Crippen molar-refractivity contribution < 1.29 is 14.6 Å². The fourth-order valence-electron chi connectivity index (χ4n) is 2.05. The summed E-state index contributed by atoms with van der Waals surface area (Å²) in [5, 5.41) is 10.3. The minimum atomic E-state index is -0.577. The van der Waals surface area contributed by atoms with Crippen LogP contribution in [0.5, 0.6) is 11.5 Å². The Kier molecular flexibility index (Phi) is 4.42. The molecule has 0 aromatic heterocycles. The average Bonchev–Trinajstić information content (AvgIpc) is 2.47. The van der Waals surface area contributed by atoms with E-state index in [1.54, 1.807) is 14.2 Å². The SMILES string of the molecule is COc1cccc(C(O)Cc2ccccc2OC)c1. The molecule has 2 rings (SSSR count). The van der Waals surface area contributed by atoms with Crippen molar-refractivity contribution in [2.45, 2.75) is 12.5 Å². The van der Waals surface area contributed by atoms with Gasteiger partial charge in [-0.25, -0.2) is 0 Å². The van der Waals surface area contributed by atoms with E-state index in [0.717, 1.165) is 22.6 Å². The van der Waals surface area contributed by atoms with Gasteiger partial charge in [-0.15, -0.1) is 0 Å². The van der Waals surface area contributed by atoms with Crippen LogP contribution in [-0.2, 0) is 6.42 Å². The summed E-state index contributed by atoms with van der Waals surface area (Å²) in [6, 6.07) is 15.2. The van der Waals surface area contributed by atoms with Gasteiger partial charge in [0.2, 0.25) is 0 Å². The Morgan fingerprint density at radius 2 is 1.79 bits per heavy atom. The predicted octanol–water partition coefficient (Wildman–Crippen LogP) is 2.98. The molecule has 0 saturated heterocycles. The second kappa shape index (κ2) is 6.25. The van der Waals surface area contributed by atoms with E-state index in [1.165, 1.54) is 0 Å². The van der Waals surface area contributed by atoms with Crippen molar-refractivity contribution in [1.29, 1.82) is 0 Å². The Morgan fingerprint density at radius 3 is 2.53 bits per heavy atom. The summed E-state index contributed by atoms with van der Waals surface area (Å²) < 4.78 is 10.5. The minimum Gasteiger partial charge on any atom is -0.497 e. The lowest BCUT2D eigenvalue weighted by Crippen LogP contribution is -2.03. The molecule has 1 unspecified atom stereocenters. The third-order valence-corrected chi connectivity index (χ3v) is 3.08. The summed E-state index contributed by atoms with van der Waals surface area (Å²) in [6.45, 7) is 0. The fraction of sp³-hybridized carbons (Fsp3) is 0.250. The van der Waals surface area contributed by atoms with Gasteiger partial charge < -0.3 is 14.6 Å². The zero-order valence-corrected chi connectivity index (χ0v) is 11.2. The monoisotopic (exact) mass is 258 g/mol. The summed E-state index contributed by atoms with van der Waals surface area (Å²) >= 11 is 0. The highest BCUT2D eigenvalue weighted by molar-refractivity contribution is 5.36. The molecule has 100 valence electrons. The largest absolute Gasteiger partial charge is 0.497 e. The molecule has 19 heavy (non-hydrogen) atoms. The van der Waals surface area contributed by atoms with Crippen LogP contribution >= 0.6 is 0 Å². The zero-order chi connectivity index (χ0) is 13.7. The predicted molar refractivity (Wildman–Crippen MR) is 74.7 cm³/mol. The van der Waals surface area contributed by atoms with Crippen LogP contribution in [0.4, 0.5) is 0 Å². The lowest BCUT2D eigenvalue weighted by Gasteiger charge is -2.14. The van der Waals surface area contributed by atoms with Gasteiger partial charge in [0, 0.05) is 6.42 Å². The van der Waals surface area contributed by atoms with E-state index >= 15 is 0 Å². The maximum Gasteiger partial charge on any atom is 0.122 e. The lowest BCUT2D eigenvalue weighted by molar-refractivity contribution is 0.177. The molecule has 3 nitrogen and oxygen atoms in total. The average molecular weight is 258 g/mol. The smallest absolute Gasteiger partial charge is 0.122 e. The van der Waals surface area contributed by atoms with Crippen LogP contribution in [0.15, 0.2) is 48.5 Å². The molecule has 0 amide bonds. The molecule has 0 aliphatic heterocycles. The Labute approximate surface area is 113 Å². The van der Waals surface area contributed by atoms with Crippen molar-refractivity contribution in [2.24, 2.45) is 0 Å². The minimum absolute atomic E-state index is 0.511. The van der Waals surface area contributed by atoms with Crippen LogP contribution < -0.4 is 9.47 Å². The first kappa shape index (κ1) is 13.4. The van der Waals surface area contributed by atoms with Crippen LogP contribution in [0.2, 0.25) is 0 Å². The molecule has 0 heterocycles. The maximum atomic E-state index is 10.3. The van der Waals surface area contributed by atoms with Crippen molar-refractivity contribution in [3.05, 3.63) is 59.7 Å². The van der Waals surface area contributed by atoms with Gasteiger partial charge in [0.25, 0.3) is 0 Å². The normalized spacial score (nSPS) is 11.9. The van der Waals surface area contributed by atoms with E-state index in [1.807, 2.05) is 48.5 Å². The van der Waals surface area contributed by atoms with Crippen molar-refractivity contribution in [2.75, 3.05) is 14.2 Å². The molecule has 0 aliphatic rings.